The summed E-state index contributed by atoms with van der Waals surface area (Å²) in [5, 5.41) is 11.3. The van der Waals surface area contributed by atoms with Gasteiger partial charge in [-0.05, 0) is 12.2 Å². The molecule has 0 aliphatic carbocycles. The Morgan fingerprint density at radius 3 is 2.43 bits per heavy atom. The van der Waals surface area contributed by atoms with E-state index in [9.17, 15) is 9.59 Å². The molecule has 2 atom stereocenters. The standard InChI is InChI=1S/C8H15NO3S2/c1-5(8(12)14)4-9-6(2-3-13)7(10)11/h5-6,9,13H,2-4H2,1H3,(H,10,11)(H,12,14)/t5?,6-/m1/s1. The topological polar surface area (TPSA) is 66.4 Å². The number of nitrogens with one attached hydrogen (secondary N) is 1. The third-order valence-corrected chi connectivity index (χ3v) is 2.51. The maximum Gasteiger partial charge on any atom is 0.320 e. The molecule has 0 aromatic rings. The average Bonchev–Trinajstić information content (AvgIpc) is 2.10. The van der Waals surface area contributed by atoms with E-state index in [-0.39, 0.29) is 11.0 Å². The molecule has 4 nitrogen and oxygen atoms in total. The summed E-state index contributed by atoms with van der Waals surface area (Å²) in [5.74, 6) is -0.703. The molecule has 0 spiro atoms. The van der Waals surface area contributed by atoms with Crippen LogP contribution in [-0.2, 0) is 9.59 Å². The summed E-state index contributed by atoms with van der Waals surface area (Å²) in [5.41, 5.74) is 0. The highest BCUT2D eigenvalue weighted by Crippen LogP contribution is 2.01. The second-order valence-electron chi connectivity index (χ2n) is 3.05. The SMILES string of the molecule is CC(CN[C@H](CCS)C(=O)O)C(=O)S. The fourth-order valence-electron chi connectivity index (χ4n) is 0.848. The quantitative estimate of drug-likeness (QED) is 0.485. The van der Waals surface area contributed by atoms with Crippen LogP contribution in [0.4, 0.5) is 0 Å². The maximum atomic E-state index is 10.7. The van der Waals surface area contributed by atoms with Gasteiger partial charge in [-0.25, -0.2) is 0 Å². The predicted molar refractivity (Wildman–Crippen MR) is 61.1 cm³/mol. The Labute approximate surface area is 94.3 Å². The highest BCUT2D eigenvalue weighted by Gasteiger charge is 2.17. The first kappa shape index (κ1) is 13.8. The van der Waals surface area contributed by atoms with E-state index in [1.165, 1.54) is 0 Å². The second kappa shape index (κ2) is 7.14. The van der Waals surface area contributed by atoms with Gasteiger partial charge in [-0.15, -0.1) is 12.6 Å². The molecule has 0 rings (SSSR count). The Morgan fingerprint density at radius 2 is 2.07 bits per heavy atom. The first-order valence-corrected chi connectivity index (χ1v) is 5.36. The summed E-state index contributed by atoms with van der Waals surface area (Å²) >= 11 is 7.61. The van der Waals surface area contributed by atoms with E-state index < -0.39 is 12.0 Å². The van der Waals surface area contributed by atoms with Gasteiger partial charge in [-0.2, -0.15) is 12.6 Å². The predicted octanol–water partition coefficient (Wildman–Crippen LogP) is 0.442. The van der Waals surface area contributed by atoms with Crippen LogP contribution in [0.5, 0.6) is 0 Å². The van der Waals surface area contributed by atoms with Crippen LogP contribution in [0, 0.1) is 5.92 Å². The highest BCUT2D eigenvalue weighted by molar-refractivity contribution is 7.96. The van der Waals surface area contributed by atoms with Crippen molar-refractivity contribution in [1.82, 2.24) is 5.32 Å². The van der Waals surface area contributed by atoms with E-state index in [0.717, 1.165) is 0 Å². The van der Waals surface area contributed by atoms with Gasteiger partial charge in [0, 0.05) is 12.5 Å². The van der Waals surface area contributed by atoms with Crippen molar-refractivity contribution in [3.05, 3.63) is 0 Å². The van der Waals surface area contributed by atoms with E-state index in [1.54, 1.807) is 6.92 Å². The molecule has 0 saturated carbocycles. The van der Waals surface area contributed by atoms with Crippen molar-refractivity contribution < 1.29 is 14.7 Å². The fourth-order valence-corrected chi connectivity index (χ4v) is 1.20. The molecule has 0 aromatic heterocycles. The minimum Gasteiger partial charge on any atom is -0.480 e. The van der Waals surface area contributed by atoms with Crippen molar-refractivity contribution in [1.29, 1.82) is 0 Å². The number of hydrogen-bond acceptors (Lipinski definition) is 4. The van der Waals surface area contributed by atoms with Gasteiger partial charge in [0.05, 0.1) is 0 Å². The van der Waals surface area contributed by atoms with Gasteiger partial charge in [0.25, 0.3) is 0 Å². The van der Waals surface area contributed by atoms with E-state index in [0.29, 0.717) is 18.7 Å². The first-order valence-electron chi connectivity index (χ1n) is 4.29. The highest BCUT2D eigenvalue weighted by atomic mass is 32.1. The largest absolute Gasteiger partial charge is 0.480 e. The summed E-state index contributed by atoms with van der Waals surface area (Å²) in [4.78, 5) is 21.4. The minimum atomic E-state index is -0.919. The lowest BCUT2D eigenvalue weighted by Crippen LogP contribution is -2.40. The molecule has 0 heterocycles. The van der Waals surface area contributed by atoms with Crippen molar-refractivity contribution >= 4 is 36.3 Å². The van der Waals surface area contributed by atoms with Gasteiger partial charge in [0.15, 0.2) is 5.12 Å². The van der Waals surface area contributed by atoms with Crippen molar-refractivity contribution in [3.8, 4) is 0 Å². The molecule has 0 bridgehead atoms. The fraction of sp³-hybridized carbons (Fsp3) is 0.750. The number of carbonyl (C=O) groups excluding carboxylic acids is 1. The molecule has 0 aromatic carbocycles. The Balaban J connectivity index is 3.93. The molecule has 0 saturated heterocycles. The molecule has 0 fully saturated rings. The molecule has 0 amide bonds. The van der Waals surface area contributed by atoms with Crippen LogP contribution in [-0.4, -0.2) is 34.5 Å². The molecular formula is C8H15NO3S2. The lowest BCUT2D eigenvalue weighted by atomic mass is 10.1. The van der Waals surface area contributed by atoms with E-state index in [1.807, 2.05) is 0 Å². The van der Waals surface area contributed by atoms with Crippen molar-refractivity contribution in [2.45, 2.75) is 19.4 Å². The number of rotatable bonds is 7. The van der Waals surface area contributed by atoms with Gasteiger partial charge in [0.2, 0.25) is 0 Å². The van der Waals surface area contributed by atoms with Gasteiger partial charge in [-0.3, -0.25) is 9.59 Å². The van der Waals surface area contributed by atoms with Gasteiger partial charge in [0.1, 0.15) is 6.04 Å². The molecule has 82 valence electrons. The molecule has 14 heavy (non-hydrogen) atoms. The van der Waals surface area contributed by atoms with Crippen LogP contribution in [0.3, 0.4) is 0 Å². The third kappa shape index (κ3) is 5.51. The molecule has 6 heteroatoms. The van der Waals surface area contributed by atoms with Crippen LogP contribution >= 0.6 is 25.3 Å². The van der Waals surface area contributed by atoms with E-state index in [2.05, 4.69) is 30.6 Å². The number of carboxylic acids is 1. The Hall–Kier alpha value is -0.200. The van der Waals surface area contributed by atoms with Crippen LogP contribution in [0.2, 0.25) is 0 Å². The monoisotopic (exact) mass is 237 g/mol. The average molecular weight is 237 g/mol. The van der Waals surface area contributed by atoms with Crippen LogP contribution in [0.1, 0.15) is 13.3 Å². The Kier molecular flexibility index (Phi) is 7.04. The summed E-state index contributed by atoms with van der Waals surface area (Å²) in [6, 6.07) is -0.636. The number of thiol groups is 2. The zero-order valence-corrected chi connectivity index (χ0v) is 9.72. The van der Waals surface area contributed by atoms with Crippen LogP contribution in [0.15, 0.2) is 0 Å². The lowest BCUT2D eigenvalue weighted by molar-refractivity contribution is -0.139. The van der Waals surface area contributed by atoms with E-state index >= 15 is 0 Å². The number of hydrogen-bond donors (Lipinski definition) is 4. The van der Waals surface area contributed by atoms with Crippen molar-refractivity contribution in [3.63, 3.8) is 0 Å². The summed E-state index contributed by atoms with van der Waals surface area (Å²) < 4.78 is 0. The molecule has 0 aliphatic heterocycles. The van der Waals surface area contributed by atoms with Gasteiger partial charge < -0.3 is 10.4 Å². The zero-order chi connectivity index (χ0) is 11.1. The van der Waals surface area contributed by atoms with Crippen molar-refractivity contribution in [2.75, 3.05) is 12.3 Å². The normalized spacial score (nSPS) is 14.8. The smallest absolute Gasteiger partial charge is 0.320 e. The molecule has 2 N–H and O–H groups in total. The van der Waals surface area contributed by atoms with Gasteiger partial charge >= 0.3 is 5.97 Å². The van der Waals surface area contributed by atoms with Crippen LogP contribution in [0.25, 0.3) is 0 Å². The number of aliphatic carboxylic acids is 1. The molecule has 1 unspecified atom stereocenters. The molecule has 0 aliphatic rings. The summed E-state index contributed by atoms with van der Waals surface area (Å²) in [6.07, 6.45) is 0.436. The first-order chi connectivity index (χ1) is 6.49. The molecule has 0 radical (unpaired) electrons. The molecular weight excluding hydrogens is 222 g/mol. The van der Waals surface area contributed by atoms with E-state index in [4.69, 9.17) is 5.11 Å². The summed E-state index contributed by atoms with van der Waals surface area (Å²) in [6.45, 7) is 2.02. The minimum absolute atomic E-state index is 0.243. The third-order valence-electron chi connectivity index (χ3n) is 1.81. The van der Waals surface area contributed by atoms with Gasteiger partial charge in [-0.1, -0.05) is 6.92 Å². The maximum absolute atomic E-state index is 10.7. The van der Waals surface area contributed by atoms with Crippen LogP contribution < -0.4 is 5.32 Å². The summed E-state index contributed by atoms with van der Waals surface area (Å²) in [7, 11) is 0. The second-order valence-corrected chi connectivity index (χ2v) is 3.94. The zero-order valence-electron chi connectivity index (χ0n) is 7.93. The van der Waals surface area contributed by atoms with Crippen molar-refractivity contribution in [2.24, 2.45) is 5.92 Å². The Bertz CT molecular complexity index is 211. The Morgan fingerprint density at radius 1 is 1.50 bits per heavy atom. The number of carbonyl (C=O) groups is 2. The number of carboxylic acid groups (broad SMARTS) is 1. The lowest BCUT2D eigenvalue weighted by Gasteiger charge is -2.15.